The summed E-state index contributed by atoms with van der Waals surface area (Å²) in [5.41, 5.74) is 0.497. The Morgan fingerprint density at radius 3 is 2.54 bits per heavy atom. The van der Waals surface area contributed by atoms with Crippen LogP contribution in [0.15, 0.2) is 42.5 Å². The molecule has 2 amide bonds. The molecular weight excluding hydrogens is 312 g/mol. The largest absolute Gasteiger partial charge is 0.491 e. The Labute approximate surface area is 137 Å². The SMILES string of the molecule is Cc1ccccc1OCCN1C(=O)c2cccc([N+](=O)[O-])c2C1=O. The number of fused-ring (bicyclic) bond motifs is 1. The molecule has 0 saturated carbocycles. The average Bonchev–Trinajstić information content (AvgIpc) is 2.81. The third-order valence-corrected chi connectivity index (χ3v) is 3.84. The fourth-order valence-corrected chi connectivity index (χ4v) is 2.64. The molecule has 0 radical (unpaired) electrons. The van der Waals surface area contributed by atoms with Crippen LogP contribution in [0.3, 0.4) is 0 Å². The molecule has 0 fully saturated rings. The quantitative estimate of drug-likeness (QED) is 0.478. The van der Waals surface area contributed by atoms with E-state index in [1.807, 2.05) is 25.1 Å². The van der Waals surface area contributed by atoms with Gasteiger partial charge in [0.15, 0.2) is 0 Å². The van der Waals surface area contributed by atoms with Crippen LogP contribution in [-0.2, 0) is 0 Å². The highest BCUT2D eigenvalue weighted by molar-refractivity contribution is 6.23. The van der Waals surface area contributed by atoms with Gasteiger partial charge in [0.2, 0.25) is 0 Å². The highest BCUT2D eigenvalue weighted by atomic mass is 16.6. The second-order valence-electron chi connectivity index (χ2n) is 5.33. The van der Waals surface area contributed by atoms with Crippen LogP contribution in [0.25, 0.3) is 0 Å². The first-order chi connectivity index (χ1) is 11.5. The number of imide groups is 1. The predicted octanol–water partition coefficient (Wildman–Crippen LogP) is 2.58. The first-order valence-electron chi connectivity index (χ1n) is 7.32. The van der Waals surface area contributed by atoms with Gasteiger partial charge in [-0.15, -0.1) is 0 Å². The molecule has 3 rings (SSSR count). The van der Waals surface area contributed by atoms with Crippen molar-refractivity contribution in [2.75, 3.05) is 13.2 Å². The molecule has 1 aliphatic rings. The smallest absolute Gasteiger partial charge is 0.282 e. The maximum atomic E-state index is 12.4. The van der Waals surface area contributed by atoms with Gasteiger partial charge in [-0.1, -0.05) is 24.3 Å². The summed E-state index contributed by atoms with van der Waals surface area (Å²) in [7, 11) is 0. The van der Waals surface area contributed by atoms with Gasteiger partial charge < -0.3 is 4.74 Å². The molecule has 1 heterocycles. The van der Waals surface area contributed by atoms with Gasteiger partial charge in [0.1, 0.15) is 17.9 Å². The first-order valence-corrected chi connectivity index (χ1v) is 7.32. The molecule has 0 aliphatic carbocycles. The molecule has 2 aromatic rings. The summed E-state index contributed by atoms with van der Waals surface area (Å²) in [6, 6.07) is 11.4. The van der Waals surface area contributed by atoms with Gasteiger partial charge in [-0.2, -0.15) is 0 Å². The maximum absolute atomic E-state index is 12.4. The van der Waals surface area contributed by atoms with Gasteiger partial charge in [-0.05, 0) is 24.6 Å². The van der Waals surface area contributed by atoms with Crippen molar-refractivity contribution in [1.29, 1.82) is 0 Å². The molecule has 122 valence electrons. The van der Waals surface area contributed by atoms with Crippen LogP contribution in [0, 0.1) is 17.0 Å². The number of carbonyl (C=O) groups excluding carboxylic acids is 2. The van der Waals surface area contributed by atoms with Crippen LogP contribution in [0.2, 0.25) is 0 Å². The molecule has 0 N–H and O–H groups in total. The van der Waals surface area contributed by atoms with E-state index in [0.717, 1.165) is 10.5 Å². The summed E-state index contributed by atoms with van der Waals surface area (Å²) < 4.78 is 5.59. The van der Waals surface area contributed by atoms with Crippen molar-refractivity contribution in [3.8, 4) is 5.75 Å². The lowest BCUT2D eigenvalue weighted by atomic mass is 10.1. The molecule has 0 aromatic heterocycles. The third kappa shape index (κ3) is 2.60. The predicted molar refractivity (Wildman–Crippen MR) is 85.1 cm³/mol. The fraction of sp³-hybridized carbons (Fsp3) is 0.176. The average molecular weight is 326 g/mol. The number of ether oxygens (including phenoxy) is 1. The summed E-state index contributed by atoms with van der Waals surface area (Å²) in [6.45, 7) is 2.03. The van der Waals surface area contributed by atoms with E-state index in [0.29, 0.717) is 5.75 Å². The van der Waals surface area contributed by atoms with Crippen molar-refractivity contribution in [2.24, 2.45) is 0 Å². The number of hydrogen-bond donors (Lipinski definition) is 0. The number of nitro benzene ring substituents is 1. The topological polar surface area (TPSA) is 89.8 Å². The Hall–Kier alpha value is -3.22. The Morgan fingerprint density at radius 2 is 1.83 bits per heavy atom. The molecule has 0 unspecified atom stereocenters. The molecule has 1 aliphatic heterocycles. The second-order valence-corrected chi connectivity index (χ2v) is 5.33. The van der Waals surface area contributed by atoms with Gasteiger partial charge in [0.05, 0.1) is 17.0 Å². The number of benzene rings is 2. The molecule has 24 heavy (non-hydrogen) atoms. The van der Waals surface area contributed by atoms with Crippen LogP contribution < -0.4 is 4.74 Å². The number of amides is 2. The van der Waals surface area contributed by atoms with Gasteiger partial charge in [-0.25, -0.2) is 0 Å². The van der Waals surface area contributed by atoms with Crippen LogP contribution in [0.5, 0.6) is 5.75 Å². The molecule has 0 bridgehead atoms. The van der Waals surface area contributed by atoms with Crippen molar-refractivity contribution in [3.05, 3.63) is 69.3 Å². The third-order valence-electron chi connectivity index (χ3n) is 3.84. The minimum atomic E-state index is -0.657. The van der Waals surface area contributed by atoms with E-state index in [-0.39, 0.29) is 30.0 Å². The summed E-state index contributed by atoms with van der Waals surface area (Å²) in [4.78, 5) is 36.1. The zero-order chi connectivity index (χ0) is 17.3. The zero-order valence-electron chi connectivity index (χ0n) is 12.9. The number of carbonyl (C=O) groups is 2. The number of para-hydroxylation sites is 1. The van der Waals surface area contributed by atoms with E-state index in [1.165, 1.54) is 18.2 Å². The lowest BCUT2D eigenvalue weighted by molar-refractivity contribution is -0.385. The number of aryl methyl sites for hydroxylation is 1. The van der Waals surface area contributed by atoms with Crippen molar-refractivity contribution >= 4 is 17.5 Å². The molecule has 7 heteroatoms. The van der Waals surface area contributed by atoms with Crippen molar-refractivity contribution < 1.29 is 19.2 Å². The number of nitrogens with zero attached hydrogens (tertiary/aromatic N) is 2. The summed E-state index contributed by atoms with van der Waals surface area (Å²) >= 11 is 0. The highest BCUT2D eigenvalue weighted by Crippen LogP contribution is 2.30. The standard InChI is InChI=1S/C17H14N2O5/c1-11-5-2-3-8-14(11)24-10-9-18-16(20)12-6-4-7-13(19(22)23)15(12)17(18)21/h2-8H,9-10H2,1H3. The molecule has 2 aromatic carbocycles. The molecule has 0 atom stereocenters. The Morgan fingerprint density at radius 1 is 1.08 bits per heavy atom. The van der Waals surface area contributed by atoms with Crippen LogP contribution in [0.4, 0.5) is 5.69 Å². The van der Waals surface area contributed by atoms with Gasteiger partial charge >= 0.3 is 0 Å². The van der Waals surface area contributed by atoms with E-state index in [9.17, 15) is 19.7 Å². The van der Waals surface area contributed by atoms with E-state index >= 15 is 0 Å². The Balaban J connectivity index is 1.76. The zero-order valence-corrected chi connectivity index (χ0v) is 12.9. The van der Waals surface area contributed by atoms with Crippen molar-refractivity contribution in [2.45, 2.75) is 6.92 Å². The molecule has 0 spiro atoms. The fourth-order valence-electron chi connectivity index (χ4n) is 2.64. The number of nitro groups is 1. The first kappa shape index (κ1) is 15.7. The maximum Gasteiger partial charge on any atom is 0.282 e. The van der Waals surface area contributed by atoms with E-state index in [1.54, 1.807) is 6.07 Å². The van der Waals surface area contributed by atoms with E-state index < -0.39 is 16.7 Å². The number of rotatable bonds is 5. The second kappa shape index (κ2) is 6.11. The summed E-state index contributed by atoms with van der Waals surface area (Å²) in [5.74, 6) is -0.525. The normalized spacial score (nSPS) is 13.1. The summed E-state index contributed by atoms with van der Waals surface area (Å²) in [5, 5.41) is 11.1. The van der Waals surface area contributed by atoms with Gasteiger partial charge in [0.25, 0.3) is 17.5 Å². The van der Waals surface area contributed by atoms with Crippen molar-refractivity contribution in [1.82, 2.24) is 4.90 Å². The van der Waals surface area contributed by atoms with E-state index in [2.05, 4.69) is 0 Å². The lowest BCUT2D eigenvalue weighted by Crippen LogP contribution is -2.33. The monoisotopic (exact) mass is 326 g/mol. The van der Waals surface area contributed by atoms with Gasteiger partial charge in [0, 0.05) is 6.07 Å². The van der Waals surface area contributed by atoms with E-state index in [4.69, 9.17) is 4.74 Å². The van der Waals surface area contributed by atoms with Crippen molar-refractivity contribution in [3.63, 3.8) is 0 Å². The Kier molecular flexibility index (Phi) is 3.99. The Bertz CT molecular complexity index is 847. The molecule has 0 saturated heterocycles. The van der Waals surface area contributed by atoms with Crippen LogP contribution in [-0.4, -0.2) is 34.8 Å². The minimum absolute atomic E-state index is 0.0256. The molecule has 7 nitrogen and oxygen atoms in total. The molecular formula is C17H14N2O5. The van der Waals surface area contributed by atoms with Crippen LogP contribution >= 0.6 is 0 Å². The van der Waals surface area contributed by atoms with Gasteiger partial charge in [-0.3, -0.25) is 24.6 Å². The highest BCUT2D eigenvalue weighted by Gasteiger charge is 2.40. The van der Waals surface area contributed by atoms with Crippen LogP contribution in [0.1, 0.15) is 26.3 Å². The lowest BCUT2D eigenvalue weighted by Gasteiger charge is -2.15. The minimum Gasteiger partial charge on any atom is -0.491 e. The summed E-state index contributed by atoms with van der Waals surface area (Å²) in [6.07, 6.45) is 0. The number of hydrogen-bond acceptors (Lipinski definition) is 5.